The van der Waals surface area contributed by atoms with Crippen LogP contribution >= 0.6 is 7.82 Å². The van der Waals surface area contributed by atoms with Crippen LogP contribution in [0.5, 0.6) is 23.0 Å². The molecular weight excluding hydrogens is 436 g/mol. The van der Waals surface area contributed by atoms with Gasteiger partial charge in [-0.15, -0.1) is 0 Å². The first-order valence-electron chi connectivity index (χ1n) is 8.46. The number of hydrogen-bond donors (Lipinski definition) is 3. The van der Waals surface area contributed by atoms with E-state index in [-0.39, 0.29) is 22.8 Å². The number of alkyl halides is 2. The minimum atomic E-state index is -4.64. The third-order valence-electron chi connectivity index (χ3n) is 3.97. The van der Waals surface area contributed by atoms with Gasteiger partial charge in [0.15, 0.2) is 0 Å². The number of phosphoric acid groups is 1. The molecule has 2 rings (SSSR count). The van der Waals surface area contributed by atoms with E-state index in [2.05, 4.69) is 0 Å². The van der Waals surface area contributed by atoms with E-state index >= 15 is 0 Å². The second kappa shape index (κ2) is 11.3. The summed E-state index contributed by atoms with van der Waals surface area (Å²) >= 11 is 0.716. The van der Waals surface area contributed by atoms with E-state index in [1.54, 1.807) is 25.3 Å². The molecule has 8 nitrogen and oxygen atoms in total. The second-order valence-electron chi connectivity index (χ2n) is 6.11. The maximum absolute atomic E-state index is 14.9. The van der Waals surface area contributed by atoms with E-state index in [0.717, 1.165) is 8.56 Å². The second-order valence-corrected chi connectivity index (χ2v) is 8.22. The molecule has 0 saturated carbocycles. The summed E-state index contributed by atoms with van der Waals surface area (Å²) in [5.41, 5.74) is 0.359. The van der Waals surface area contributed by atoms with Crippen LogP contribution in [0, 0.1) is 0 Å². The van der Waals surface area contributed by atoms with Gasteiger partial charge in [0, 0.05) is 0 Å². The normalized spacial score (nSPS) is 11.3. The molecule has 0 aliphatic rings. The van der Waals surface area contributed by atoms with Gasteiger partial charge in [-0.2, -0.15) is 0 Å². The molecule has 12 heteroatoms. The zero-order valence-electron chi connectivity index (χ0n) is 17.2. The first kappa shape index (κ1) is 26.6. The molecule has 0 bridgehead atoms. The van der Waals surface area contributed by atoms with Crippen molar-refractivity contribution < 1.29 is 47.0 Å². The molecule has 3 N–H and O–H groups in total. The monoisotopic (exact) mass is 458 g/mol. The summed E-state index contributed by atoms with van der Waals surface area (Å²) in [4.78, 5) is 21.6. The summed E-state index contributed by atoms with van der Waals surface area (Å²) in [5, 5.41) is 0. The Hall–Kier alpha value is -1.39. The van der Waals surface area contributed by atoms with Crippen molar-refractivity contribution in [3.05, 3.63) is 41.5 Å². The predicted octanol–water partition coefficient (Wildman–Crippen LogP) is 1.92. The summed E-state index contributed by atoms with van der Waals surface area (Å²) in [6.45, 7) is 0. The Morgan fingerprint density at radius 3 is 1.73 bits per heavy atom. The van der Waals surface area contributed by atoms with Crippen molar-refractivity contribution in [2.75, 3.05) is 28.4 Å². The quantitative estimate of drug-likeness (QED) is 0.426. The van der Waals surface area contributed by atoms with Crippen LogP contribution in [0.3, 0.4) is 0 Å². The predicted molar refractivity (Wildman–Crippen MR) is 106 cm³/mol. The molecule has 2 aromatic carbocycles. The standard InChI is InChI=1S/C18H19F2O4.Na.H3O4P/c1-21-14-7-5-12(6-8-14)11-18(19,20)13-9-15(22-2)17(24-4)16(10-13)23-3;;1-5(2,3)4/h5-7,9-10H,11H2,1-4H3;;(H3,1,2,3,4). The van der Waals surface area contributed by atoms with E-state index < -0.39 is 20.2 Å². The van der Waals surface area contributed by atoms with Gasteiger partial charge in [0.2, 0.25) is 0 Å². The Kier molecular flexibility index (Phi) is 10.0. The molecule has 0 unspecified atom stereocenters. The van der Waals surface area contributed by atoms with Crippen LogP contribution in [0.1, 0.15) is 11.1 Å². The van der Waals surface area contributed by atoms with Gasteiger partial charge in [-0.05, 0) is 0 Å². The zero-order chi connectivity index (χ0) is 23.1. The Labute approximate surface area is 190 Å². The smallest absolute Gasteiger partial charge is 0.303 e. The fourth-order valence-corrected chi connectivity index (χ4v) is 3.44. The Morgan fingerprint density at radius 2 is 1.37 bits per heavy atom. The minimum Gasteiger partial charge on any atom is -0.303 e. The first-order valence-corrected chi connectivity index (χ1v) is 11.0. The van der Waals surface area contributed by atoms with Crippen molar-refractivity contribution in [1.29, 1.82) is 0 Å². The van der Waals surface area contributed by atoms with Gasteiger partial charge in [-0.1, -0.05) is 0 Å². The van der Waals surface area contributed by atoms with Gasteiger partial charge in [0.25, 0.3) is 0 Å². The number of benzene rings is 2. The number of rotatable bonds is 7. The number of methoxy groups -OCH3 is 4. The fourth-order valence-electron chi connectivity index (χ4n) is 2.70. The van der Waals surface area contributed by atoms with Crippen molar-refractivity contribution >= 4 is 38.6 Å². The van der Waals surface area contributed by atoms with Crippen molar-refractivity contribution in [1.82, 2.24) is 0 Å². The molecule has 0 atom stereocenters. The molecule has 0 fully saturated rings. The van der Waals surface area contributed by atoms with E-state index in [9.17, 15) is 8.78 Å². The Balaban J connectivity index is 0.000000804. The SMILES string of the molecule is COc1ccc(CC(F)(F)c2cc(OC)c(OC)c(OC)c2)c[c]1[Na].O=P(O)(O)O. The average molecular weight is 458 g/mol. The molecule has 0 spiro atoms. The van der Waals surface area contributed by atoms with Gasteiger partial charge in [0.1, 0.15) is 0 Å². The zero-order valence-corrected chi connectivity index (χ0v) is 20.1. The molecule has 0 aliphatic heterocycles. The van der Waals surface area contributed by atoms with Gasteiger partial charge < -0.3 is 14.7 Å². The number of hydrogen-bond acceptors (Lipinski definition) is 5. The van der Waals surface area contributed by atoms with Crippen LogP contribution in [0.2, 0.25) is 0 Å². The minimum absolute atomic E-state index is 0.187. The van der Waals surface area contributed by atoms with Crippen LogP contribution in [0.15, 0.2) is 30.3 Å². The first-order chi connectivity index (χ1) is 13.9. The molecule has 30 heavy (non-hydrogen) atoms. The molecule has 0 radical (unpaired) electrons. The van der Waals surface area contributed by atoms with E-state index in [1.807, 2.05) is 0 Å². The topological polar surface area (TPSA) is 115 Å². The van der Waals surface area contributed by atoms with E-state index in [1.165, 1.54) is 33.5 Å². The van der Waals surface area contributed by atoms with Crippen molar-refractivity contribution in [3.8, 4) is 23.0 Å². The van der Waals surface area contributed by atoms with Crippen LogP contribution in [0.25, 0.3) is 0 Å². The third-order valence-corrected chi connectivity index (χ3v) is 4.75. The Bertz CT molecular complexity index is 870. The molecule has 0 heterocycles. The molecule has 0 amide bonds. The average Bonchev–Trinajstić information content (AvgIpc) is 2.65. The van der Waals surface area contributed by atoms with E-state index in [0.29, 0.717) is 33.5 Å². The van der Waals surface area contributed by atoms with Gasteiger partial charge in [-0.3, -0.25) is 0 Å². The Morgan fingerprint density at radius 1 is 0.900 bits per heavy atom. The largest absolute Gasteiger partial charge is 0.466 e. The molecule has 0 saturated heterocycles. The van der Waals surface area contributed by atoms with Crippen molar-refractivity contribution in [2.45, 2.75) is 12.3 Å². The summed E-state index contributed by atoms with van der Waals surface area (Å²) in [6.07, 6.45) is -0.426. The summed E-state index contributed by atoms with van der Waals surface area (Å²) in [6, 6.07) is 7.71. The van der Waals surface area contributed by atoms with Gasteiger partial charge in [-0.25, -0.2) is 4.57 Å². The van der Waals surface area contributed by atoms with Gasteiger partial charge in [0.05, 0.1) is 0 Å². The van der Waals surface area contributed by atoms with Crippen molar-refractivity contribution in [2.24, 2.45) is 0 Å². The third kappa shape index (κ3) is 8.03. The van der Waals surface area contributed by atoms with Gasteiger partial charge >= 0.3 is 172 Å². The number of ether oxygens (including phenoxy) is 4. The maximum atomic E-state index is 14.9. The molecule has 0 aliphatic carbocycles. The summed E-state index contributed by atoms with van der Waals surface area (Å²) in [7, 11) is 1.16. The van der Waals surface area contributed by atoms with Crippen LogP contribution in [0.4, 0.5) is 8.78 Å². The van der Waals surface area contributed by atoms with Crippen LogP contribution in [-0.2, 0) is 16.9 Å². The van der Waals surface area contributed by atoms with Crippen molar-refractivity contribution in [3.63, 3.8) is 0 Å². The fraction of sp³-hybridized carbons (Fsp3) is 0.333. The summed E-state index contributed by atoms with van der Waals surface area (Å²) < 4.78 is 60.2. The molecule has 162 valence electrons. The molecular formula is C18H22F2NaO8P. The summed E-state index contributed by atoms with van der Waals surface area (Å²) in [5.74, 6) is -1.66. The molecule has 2 aromatic rings. The van der Waals surface area contributed by atoms with Crippen LogP contribution < -0.4 is 21.8 Å². The van der Waals surface area contributed by atoms with Crippen LogP contribution in [-0.4, -0.2) is 71.0 Å². The maximum Gasteiger partial charge on any atom is 0.466 e. The van der Waals surface area contributed by atoms with E-state index in [4.69, 9.17) is 38.2 Å². The number of halogens is 2. The molecule has 0 aromatic heterocycles.